The number of piperidine rings is 1. The van der Waals surface area contributed by atoms with E-state index in [9.17, 15) is 0 Å². The van der Waals surface area contributed by atoms with Crippen LogP contribution in [0, 0.1) is 0 Å². The van der Waals surface area contributed by atoms with Crippen LogP contribution in [0.2, 0.25) is 0 Å². The van der Waals surface area contributed by atoms with Crippen molar-refractivity contribution >= 4 is 29.9 Å². The van der Waals surface area contributed by atoms with Gasteiger partial charge in [-0.1, -0.05) is 0 Å². The average molecular weight is 452 g/mol. The largest absolute Gasteiger partial charge is 0.378 e. The molecule has 142 valence electrons. The van der Waals surface area contributed by atoms with Crippen molar-refractivity contribution in [3.8, 4) is 0 Å². The van der Waals surface area contributed by atoms with Crippen molar-refractivity contribution in [3.63, 3.8) is 0 Å². The minimum Gasteiger partial charge on any atom is -0.378 e. The second-order valence-corrected chi connectivity index (χ2v) is 6.63. The molecule has 2 saturated heterocycles. The number of guanidine groups is 1. The number of aliphatic imine (C=N–C) groups is 1. The third-order valence-electron chi connectivity index (χ3n) is 4.82. The number of ether oxygens (including phenoxy) is 1. The molecule has 5 nitrogen and oxygen atoms in total. The molecule has 0 aromatic heterocycles. The van der Waals surface area contributed by atoms with Gasteiger partial charge in [0, 0.05) is 32.8 Å². The lowest BCUT2D eigenvalue weighted by Crippen LogP contribution is -2.47. The summed E-state index contributed by atoms with van der Waals surface area (Å²) < 4.78 is 5.74. The Balaban J connectivity index is 0.00000288. The first-order chi connectivity index (χ1) is 11.3. The van der Waals surface area contributed by atoms with Gasteiger partial charge in [0.05, 0.1) is 6.10 Å². The zero-order valence-corrected chi connectivity index (χ0v) is 18.0. The number of halogens is 1. The molecule has 0 bridgehead atoms. The summed E-state index contributed by atoms with van der Waals surface area (Å²) in [5.41, 5.74) is 0. The van der Waals surface area contributed by atoms with E-state index in [-0.39, 0.29) is 24.0 Å². The van der Waals surface area contributed by atoms with Gasteiger partial charge in [-0.15, -0.1) is 24.0 Å². The molecule has 0 saturated carbocycles. The minimum absolute atomic E-state index is 0. The van der Waals surface area contributed by atoms with Crippen molar-refractivity contribution in [1.29, 1.82) is 0 Å². The third kappa shape index (κ3) is 7.87. The summed E-state index contributed by atoms with van der Waals surface area (Å²) in [6.45, 7) is 12.9. The molecule has 2 fully saturated rings. The van der Waals surface area contributed by atoms with Crippen LogP contribution in [0.15, 0.2) is 4.99 Å². The number of hydrogen-bond donors (Lipinski definition) is 1. The lowest BCUT2D eigenvalue weighted by atomic mass is 10.1. The van der Waals surface area contributed by atoms with Crippen molar-refractivity contribution < 1.29 is 4.74 Å². The first-order valence-electron chi connectivity index (χ1n) is 9.70. The average Bonchev–Trinajstić information content (AvgIpc) is 3.08. The molecule has 2 heterocycles. The zero-order chi connectivity index (χ0) is 16.3. The Morgan fingerprint density at radius 1 is 1.08 bits per heavy atom. The maximum absolute atomic E-state index is 5.74. The molecule has 24 heavy (non-hydrogen) atoms. The quantitative estimate of drug-likeness (QED) is 0.266. The molecule has 0 radical (unpaired) electrons. The van der Waals surface area contributed by atoms with Gasteiger partial charge < -0.3 is 19.9 Å². The van der Waals surface area contributed by atoms with Gasteiger partial charge in [0.2, 0.25) is 0 Å². The Hall–Kier alpha value is -0.0800. The van der Waals surface area contributed by atoms with Crippen LogP contribution < -0.4 is 5.32 Å². The van der Waals surface area contributed by atoms with E-state index < -0.39 is 0 Å². The maximum Gasteiger partial charge on any atom is 0.193 e. The molecular weight excluding hydrogens is 415 g/mol. The Labute approximate surface area is 165 Å². The van der Waals surface area contributed by atoms with E-state index in [1.54, 1.807) is 0 Å². The van der Waals surface area contributed by atoms with Crippen molar-refractivity contribution in [2.75, 3.05) is 52.4 Å². The zero-order valence-electron chi connectivity index (χ0n) is 15.6. The fraction of sp³-hybridized carbons (Fsp3) is 0.944. The first kappa shape index (κ1) is 22.0. The fourth-order valence-corrected chi connectivity index (χ4v) is 3.53. The van der Waals surface area contributed by atoms with Crippen LogP contribution in [0.25, 0.3) is 0 Å². The predicted molar refractivity (Wildman–Crippen MR) is 113 cm³/mol. The molecule has 2 aliphatic heterocycles. The molecule has 0 atom stereocenters. The molecule has 0 aromatic rings. The van der Waals surface area contributed by atoms with Gasteiger partial charge in [0.1, 0.15) is 0 Å². The van der Waals surface area contributed by atoms with Crippen molar-refractivity contribution in [3.05, 3.63) is 0 Å². The molecule has 0 unspecified atom stereocenters. The maximum atomic E-state index is 5.74. The molecule has 0 aliphatic carbocycles. The minimum atomic E-state index is 0. The topological polar surface area (TPSA) is 40.1 Å². The number of rotatable bonds is 8. The summed E-state index contributed by atoms with van der Waals surface area (Å²) >= 11 is 0. The van der Waals surface area contributed by atoms with Crippen LogP contribution in [-0.4, -0.2) is 74.3 Å². The van der Waals surface area contributed by atoms with Crippen molar-refractivity contribution in [2.45, 2.75) is 58.5 Å². The van der Waals surface area contributed by atoms with Gasteiger partial charge in [-0.05, 0) is 72.0 Å². The SMILES string of the molecule is CCNC(=NCCCCN1CCCC1)N1CCC(OCC)CC1.I. The second-order valence-electron chi connectivity index (χ2n) is 6.63. The van der Waals surface area contributed by atoms with E-state index in [0.717, 1.165) is 51.6 Å². The van der Waals surface area contributed by atoms with Crippen LogP contribution in [-0.2, 0) is 4.74 Å². The Morgan fingerprint density at radius 3 is 2.42 bits per heavy atom. The fourth-order valence-electron chi connectivity index (χ4n) is 3.53. The first-order valence-corrected chi connectivity index (χ1v) is 9.70. The summed E-state index contributed by atoms with van der Waals surface area (Å²) in [6, 6.07) is 0. The summed E-state index contributed by atoms with van der Waals surface area (Å²) in [5.74, 6) is 1.10. The summed E-state index contributed by atoms with van der Waals surface area (Å²) in [5, 5.41) is 3.46. The Bertz CT molecular complexity index is 340. The van der Waals surface area contributed by atoms with Gasteiger partial charge in [-0.2, -0.15) is 0 Å². The number of unbranched alkanes of at least 4 members (excludes halogenated alkanes) is 1. The third-order valence-corrected chi connectivity index (χ3v) is 4.82. The highest BCUT2D eigenvalue weighted by atomic mass is 127. The number of nitrogens with one attached hydrogen (secondary N) is 1. The predicted octanol–water partition coefficient (Wildman–Crippen LogP) is 2.95. The molecule has 0 amide bonds. The summed E-state index contributed by atoms with van der Waals surface area (Å²) in [6.07, 6.45) is 7.93. The Morgan fingerprint density at radius 2 is 1.79 bits per heavy atom. The number of nitrogens with zero attached hydrogens (tertiary/aromatic N) is 3. The molecule has 2 aliphatic rings. The van der Waals surface area contributed by atoms with E-state index in [1.165, 1.54) is 45.3 Å². The molecule has 2 rings (SSSR count). The molecule has 6 heteroatoms. The van der Waals surface area contributed by atoms with E-state index >= 15 is 0 Å². The standard InChI is InChI=1S/C18H36N4O.HI/c1-3-19-18(22-15-9-17(10-16-22)23-4-2)20-11-5-6-12-21-13-7-8-14-21;/h17H,3-16H2,1-2H3,(H,19,20);1H. The van der Waals surface area contributed by atoms with Gasteiger partial charge >= 0.3 is 0 Å². The molecular formula is C18H37IN4O. The highest BCUT2D eigenvalue weighted by molar-refractivity contribution is 14.0. The van der Waals surface area contributed by atoms with Gasteiger partial charge in [-0.3, -0.25) is 4.99 Å². The Kier molecular flexibility index (Phi) is 12.0. The lowest BCUT2D eigenvalue weighted by molar-refractivity contribution is 0.0264. The lowest BCUT2D eigenvalue weighted by Gasteiger charge is -2.34. The van der Waals surface area contributed by atoms with E-state index in [0.29, 0.717) is 6.10 Å². The van der Waals surface area contributed by atoms with Crippen molar-refractivity contribution in [2.24, 2.45) is 4.99 Å². The van der Waals surface area contributed by atoms with E-state index in [1.807, 2.05) is 0 Å². The number of likely N-dealkylation sites (tertiary alicyclic amines) is 2. The van der Waals surface area contributed by atoms with E-state index in [4.69, 9.17) is 9.73 Å². The second kappa shape index (κ2) is 13.2. The van der Waals surface area contributed by atoms with Crippen LogP contribution in [0.5, 0.6) is 0 Å². The molecule has 1 N–H and O–H groups in total. The molecule has 0 spiro atoms. The highest BCUT2D eigenvalue weighted by Crippen LogP contribution is 2.14. The highest BCUT2D eigenvalue weighted by Gasteiger charge is 2.21. The number of hydrogen-bond acceptors (Lipinski definition) is 3. The van der Waals surface area contributed by atoms with Crippen LogP contribution in [0.3, 0.4) is 0 Å². The normalized spacial score (nSPS) is 20.2. The van der Waals surface area contributed by atoms with Gasteiger partial charge in [0.15, 0.2) is 5.96 Å². The summed E-state index contributed by atoms with van der Waals surface area (Å²) in [7, 11) is 0. The van der Waals surface area contributed by atoms with Crippen LogP contribution in [0.1, 0.15) is 52.4 Å². The summed E-state index contributed by atoms with van der Waals surface area (Å²) in [4.78, 5) is 9.84. The van der Waals surface area contributed by atoms with Gasteiger partial charge in [0.25, 0.3) is 0 Å². The van der Waals surface area contributed by atoms with Crippen molar-refractivity contribution in [1.82, 2.24) is 15.1 Å². The van der Waals surface area contributed by atoms with E-state index in [2.05, 4.69) is 29.0 Å². The van der Waals surface area contributed by atoms with Gasteiger partial charge in [-0.25, -0.2) is 0 Å². The monoisotopic (exact) mass is 452 g/mol. The smallest absolute Gasteiger partial charge is 0.193 e. The van der Waals surface area contributed by atoms with Crippen LogP contribution in [0.4, 0.5) is 0 Å². The molecule has 0 aromatic carbocycles. The van der Waals surface area contributed by atoms with Crippen LogP contribution >= 0.6 is 24.0 Å².